The number of rotatable bonds is 8. The number of nitrogens with two attached hydrogens (primary N) is 1. The van der Waals surface area contributed by atoms with E-state index in [9.17, 15) is 22.8 Å². The van der Waals surface area contributed by atoms with Crippen molar-refractivity contribution in [3.8, 4) is 5.75 Å². The van der Waals surface area contributed by atoms with Crippen molar-refractivity contribution in [2.75, 3.05) is 19.0 Å². The van der Waals surface area contributed by atoms with Crippen molar-refractivity contribution in [3.05, 3.63) is 89.5 Å². The van der Waals surface area contributed by atoms with Gasteiger partial charge in [0.2, 0.25) is 10.0 Å². The molecule has 0 aliphatic heterocycles. The molecular formula is C23H20N2O7S. The van der Waals surface area contributed by atoms with Crippen molar-refractivity contribution in [2.45, 2.75) is 4.90 Å². The number of carbonyl (C=O) groups is 3. The highest BCUT2D eigenvalue weighted by Gasteiger charge is 2.20. The van der Waals surface area contributed by atoms with E-state index in [1.807, 2.05) is 0 Å². The molecule has 3 aromatic rings. The third-order valence-electron chi connectivity index (χ3n) is 4.55. The van der Waals surface area contributed by atoms with Crippen LogP contribution >= 0.6 is 0 Å². The summed E-state index contributed by atoms with van der Waals surface area (Å²) in [5, 5.41) is 7.81. The molecule has 1 amide bonds. The Morgan fingerprint density at radius 3 is 2.18 bits per heavy atom. The number of nitrogens with one attached hydrogen (secondary N) is 1. The van der Waals surface area contributed by atoms with E-state index < -0.39 is 28.4 Å². The Kier molecular flexibility index (Phi) is 7.21. The topological polar surface area (TPSA) is 142 Å². The summed E-state index contributed by atoms with van der Waals surface area (Å²) in [5.41, 5.74) is 1.05. The summed E-state index contributed by atoms with van der Waals surface area (Å²) in [6, 6.07) is 18.2. The number of methoxy groups -OCH3 is 1. The zero-order chi connectivity index (χ0) is 24.0. The molecule has 0 fully saturated rings. The molecule has 10 heteroatoms. The summed E-state index contributed by atoms with van der Waals surface area (Å²) in [7, 11) is -2.75. The lowest BCUT2D eigenvalue weighted by atomic mass is 10.1. The van der Waals surface area contributed by atoms with E-state index in [-0.39, 0.29) is 27.7 Å². The maximum absolute atomic E-state index is 12.4. The molecule has 3 N–H and O–H groups in total. The maximum atomic E-state index is 12.4. The fourth-order valence-electron chi connectivity index (χ4n) is 2.85. The molecule has 0 bridgehead atoms. The number of amides is 1. The van der Waals surface area contributed by atoms with E-state index in [1.165, 1.54) is 31.4 Å². The van der Waals surface area contributed by atoms with Crippen LogP contribution in [0.5, 0.6) is 5.75 Å². The van der Waals surface area contributed by atoms with Crippen LogP contribution in [-0.4, -0.2) is 39.8 Å². The second-order valence-electron chi connectivity index (χ2n) is 6.80. The van der Waals surface area contributed by atoms with Gasteiger partial charge in [-0.15, -0.1) is 0 Å². The molecular weight excluding hydrogens is 448 g/mol. The van der Waals surface area contributed by atoms with Crippen LogP contribution < -0.4 is 15.2 Å². The number of benzene rings is 3. The van der Waals surface area contributed by atoms with Gasteiger partial charge in [-0.3, -0.25) is 9.59 Å². The number of primary sulfonamides is 1. The Hall–Kier alpha value is -4.02. The fraction of sp³-hybridized carbons (Fsp3) is 0.0870. The number of hydrogen-bond acceptors (Lipinski definition) is 7. The molecule has 0 aromatic heterocycles. The number of hydrogen-bond donors (Lipinski definition) is 2. The number of carbonyl (C=O) groups excluding carboxylic acids is 3. The number of Topliss-reactive ketones (excluding diaryl/α,β-unsaturated/α-hetero) is 1. The van der Waals surface area contributed by atoms with Crippen molar-refractivity contribution in [1.29, 1.82) is 0 Å². The molecule has 170 valence electrons. The van der Waals surface area contributed by atoms with Crippen LogP contribution in [-0.2, 0) is 14.8 Å². The zero-order valence-corrected chi connectivity index (χ0v) is 18.3. The Labute approximate surface area is 190 Å². The Morgan fingerprint density at radius 1 is 0.909 bits per heavy atom. The summed E-state index contributed by atoms with van der Waals surface area (Å²) < 4.78 is 33.2. The van der Waals surface area contributed by atoms with E-state index in [4.69, 9.17) is 14.6 Å². The van der Waals surface area contributed by atoms with Gasteiger partial charge in [0.05, 0.1) is 12.0 Å². The summed E-state index contributed by atoms with van der Waals surface area (Å²) in [5.74, 6) is -1.67. The monoisotopic (exact) mass is 468 g/mol. The number of anilines is 1. The second-order valence-corrected chi connectivity index (χ2v) is 8.37. The van der Waals surface area contributed by atoms with Crippen LogP contribution in [0.2, 0.25) is 0 Å². The molecule has 0 saturated heterocycles. The van der Waals surface area contributed by atoms with Crippen LogP contribution in [0.1, 0.15) is 31.1 Å². The lowest BCUT2D eigenvalue weighted by Crippen LogP contribution is -2.17. The molecule has 0 atom stereocenters. The molecule has 0 spiro atoms. The molecule has 33 heavy (non-hydrogen) atoms. The normalized spacial score (nSPS) is 10.8. The van der Waals surface area contributed by atoms with Gasteiger partial charge < -0.3 is 14.8 Å². The minimum absolute atomic E-state index is 0.0679. The fourth-order valence-corrected chi connectivity index (χ4v) is 3.39. The van der Waals surface area contributed by atoms with Gasteiger partial charge in [0.25, 0.3) is 5.91 Å². The van der Waals surface area contributed by atoms with Gasteiger partial charge in [-0.05, 0) is 54.6 Å². The van der Waals surface area contributed by atoms with Gasteiger partial charge in [-0.2, -0.15) is 0 Å². The van der Waals surface area contributed by atoms with E-state index in [1.54, 1.807) is 42.5 Å². The minimum atomic E-state index is -4.05. The second kappa shape index (κ2) is 10.1. The number of ketones is 1. The highest BCUT2D eigenvalue weighted by atomic mass is 32.2. The molecule has 3 rings (SSSR count). The molecule has 0 unspecified atom stereocenters. The van der Waals surface area contributed by atoms with Crippen LogP contribution in [0.25, 0.3) is 0 Å². The van der Waals surface area contributed by atoms with Crippen LogP contribution in [0.15, 0.2) is 77.7 Å². The molecule has 0 saturated carbocycles. The van der Waals surface area contributed by atoms with Crippen LogP contribution in [0.3, 0.4) is 0 Å². The maximum Gasteiger partial charge on any atom is 0.342 e. The standard InChI is InChI=1S/C23H20N2O7S/c1-31-21-12-11-18(33(24,29)30)13-19(21)23(28)32-14-20(26)15-7-9-17(10-8-15)25-22(27)16-5-3-2-4-6-16/h2-13H,14H2,1H3,(H,25,27)(H2,24,29,30). The van der Waals surface area contributed by atoms with Crippen molar-refractivity contribution in [2.24, 2.45) is 5.14 Å². The molecule has 0 radical (unpaired) electrons. The van der Waals surface area contributed by atoms with Gasteiger partial charge in [0.1, 0.15) is 11.3 Å². The Bertz CT molecular complexity index is 1290. The Balaban J connectivity index is 1.64. The average Bonchev–Trinajstić information content (AvgIpc) is 2.82. The van der Waals surface area contributed by atoms with E-state index in [0.29, 0.717) is 11.3 Å². The first-order valence-corrected chi connectivity index (χ1v) is 11.1. The van der Waals surface area contributed by atoms with E-state index >= 15 is 0 Å². The molecule has 0 aliphatic rings. The van der Waals surface area contributed by atoms with Crippen molar-refractivity contribution < 1.29 is 32.3 Å². The van der Waals surface area contributed by atoms with E-state index in [2.05, 4.69) is 5.32 Å². The largest absolute Gasteiger partial charge is 0.496 e. The molecule has 0 heterocycles. The third-order valence-corrected chi connectivity index (χ3v) is 5.47. The summed E-state index contributed by atoms with van der Waals surface area (Å²) in [6.45, 7) is -0.586. The predicted octanol–water partition coefficient (Wildman–Crippen LogP) is 2.63. The SMILES string of the molecule is COc1ccc(S(N)(=O)=O)cc1C(=O)OCC(=O)c1ccc(NC(=O)c2ccccc2)cc1. The summed E-state index contributed by atoms with van der Waals surface area (Å²) in [4.78, 5) is 36.7. The molecule has 9 nitrogen and oxygen atoms in total. The third kappa shape index (κ3) is 6.03. The molecule has 3 aromatic carbocycles. The lowest BCUT2D eigenvalue weighted by Gasteiger charge is -2.10. The summed E-state index contributed by atoms with van der Waals surface area (Å²) >= 11 is 0. The van der Waals surface area contributed by atoms with Crippen LogP contribution in [0.4, 0.5) is 5.69 Å². The van der Waals surface area contributed by atoms with Crippen molar-refractivity contribution in [3.63, 3.8) is 0 Å². The quantitative estimate of drug-likeness (QED) is 0.382. The zero-order valence-electron chi connectivity index (χ0n) is 17.5. The van der Waals surface area contributed by atoms with Gasteiger partial charge in [-0.1, -0.05) is 18.2 Å². The van der Waals surface area contributed by atoms with Crippen LogP contribution in [0, 0.1) is 0 Å². The van der Waals surface area contributed by atoms with Gasteiger partial charge in [-0.25, -0.2) is 18.4 Å². The van der Waals surface area contributed by atoms with Crippen molar-refractivity contribution >= 4 is 33.4 Å². The van der Waals surface area contributed by atoms with E-state index in [0.717, 1.165) is 6.07 Å². The summed E-state index contributed by atoms with van der Waals surface area (Å²) in [6.07, 6.45) is 0. The van der Waals surface area contributed by atoms with Gasteiger partial charge >= 0.3 is 5.97 Å². The smallest absolute Gasteiger partial charge is 0.342 e. The Morgan fingerprint density at radius 2 is 1.58 bits per heavy atom. The first-order valence-electron chi connectivity index (χ1n) is 9.56. The number of sulfonamides is 1. The highest BCUT2D eigenvalue weighted by molar-refractivity contribution is 7.89. The van der Waals surface area contributed by atoms with Gasteiger partial charge in [0, 0.05) is 16.8 Å². The number of ether oxygens (including phenoxy) is 2. The molecule has 0 aliphatic carbocycles. The average molecular weight is 468 g/mol. The number of esters is 1. The highest BCUT2D eigenvalue weighted by Crippen LogP contribution is 2.23. The minimum Gasteiger partial charge on any atom is -0.496 e. The van der Waals surface area contributed by atoms with Gasteiger partial charge in [0.15, 0.2) is 12.4 Å². The predicted molar refractivity (Wildman–Crippen MR) is 120 cm³/mol. The van der Waals surface area contributed by atoms with Crippen molar-refractivity contribution in [1.82, 2.24) is 0 Å². The first kappa shape index (κ1) is 23.6. The first-order chi connectivity index (χ1) is 15.7. The lowest BCUT2D eigenvalue weighted by molar-refractivity contribution is 0.0471.